The quantitative estimate of drug-likeness (QED) is 0.544. The number of anilines is 1. The van der Waals surface area contributed by atoms with Crippen molar-refractivity contribution in [2.45, 2.75) is 19.3 Å². The Balaban J connectivity index is 1.64. The molecule has 0 unspecified atom stereocenters. The zero-order chi connectivity index (χ0) is 15.8. The second-order valence-corrected chi connectivity index (χ2v) is 6.18. The molecule has 0 heterocycles. The van der Waals surface area contributed by atoms with Crippen LogP contribution < -0.4 is 10.6 Å². The molecule has 0 aliphatic rings. The molecule has 0 aliphatic carbocycles. The zero-order valence-corrected chi connectivity index (χ0v) is 14.4. The van der Waals surface area contributed by atoms with Gasteiger partial charge in [0, 0.05) is 12.2 Å². The summed E-state index contributed by atoms with van der Waals surface area (Å²) < 4.78 is 0. The molecule has 0 aromatic heterocycles. The zero-order valence-electron chi connectivity index (χ0n) is 12.1. The number of unbranched alkanes of at least 4 members (excludes halogenated alkanes) is 1. The Morgan fingerprint density at radius 2 is 1.73 bits per heavy atom. The highest BCUT2D eigenvalue weighted by Gasteiger charge is 2.01. The van der Waals surface area contributed by atoms with Gasteiger partial charge in [-0.3, -0.25) is 0 Å². The van der Waals surface area contributed by atoms with Crippen LogP contribution in [0, 0.1) is 0 Å². The van der Waals surface area contributed by atoms with Crippen LogP contribution in [0.2, 0.25) is 10.0 Å². The summed E-state index contributed by atoms with van der Waals surface area (Å²) in [6, 6.07) is 15.8. The number of benzene rings is 2. The van der Waals surface area contributed by atoms with Crippen LogP contribution in [0.25, 0.3) is 0 Å². The van der Waals surface area contributed by atoms with Crippen LogP contribution in [0.4, 0.5) is 5.69 Å². The molecule has 0 radical (unpaired) electrons. The molecule has 0 saturated carbocycles. The fourth-order valence-corrected chi connectivity index (χ4v) is 2.57. The SMILES string of the molecule is S=C(NCCCCc1ccccc1)Nc1ccc(Cl)c(Cl)c1. The molecule has 0 amide bonds. The van der Waals surface area contributed by atoms with Gasteiger partial charge in [-0.1, -0.05) is 53.5 Å². The van der Waals surface area contributed by atoms with E-state index in [1.165, 1.54) is 5.56 Å². The second-order valence-electron chi connectivity index (χ2n) is 4.95. The molecule has 2 N–H and O–H groups in total. The monoisotopic (exact) mass is 352 g/mol. The Morgan fingerprint density at radius 1 is 0.955 bits per heavy atom. The number of rotatable bonds is 6. The molecule has 0 saturated heterocycles. The van der Waals surface area contributed by atoms with Crippen molar-refractivity contribution in [2.75, 3.05) is 11.9 Å². The normalized spacial score (nSPS) is 10.3. The van der Waals surface area contributed by atoms with Crippen LogP contribution in [0.1, 0.15) is 18.4 Å². The number of hydrogen-bond acceptors (Lipinski definition) is 1. The summed E-state index contributed by atoms with van der Waals surface area (Å²) in [6.45, 7) is 0.847. The first-order valence-electron chi connectivity index (χ1n) is 7.19. The Bertz CT molecular complexity index is 617. The van der Waals surface area contributed by atoms with Gasteiger partial charge in [-0.05, 0) is 55.2 Å². The molecule has 0 aliphatic heterocycles. The van der Waals surface area contributed by atoms with Crippen LogP contribution >= 0.6 is 35.4 Å². The van der Waals surface area contributed by atoms with E-state index in [9.17, 15) is 0 Å². The van der Waals surface area contributed by atoms with E-state index in [2.05, 4.69) is 34.9 Å². The van der Waals surface area contributed by atoms with Crippen molar-refractivity contribution in [3.63, 3.8) is 0 Å². The molecule has 0 spiro atoms. The van der Waals surface area contributed by atoms with Gasteiger partial charge < -0.3 is 10.6 Å². The van der Waals surface area contributed by atoms with E-state index < -0.39 is 0 Å². The van der Waals surface area contributed by atoms with Crippen molar-refractivity contribution in [3.05, 3.63) is 64.1 Å². The molecular formula is C17H18Cl2N2S. The molecule has 0 fully saturated rings. The number of aryl methyl sites for hydroxylation is 1. The van der Waals surface area contributed by atoms with Crippen LogP contribution in [0.5, 0.6) is 0 Å². The van der Waals surface area contributed by atoms with Crippen molar-refractivity contribution in [2.24, 2.45) is 0 Å². The van der Waals surface area contributed by atoms with Gasteiger partial charge in [0.05, 0.1) is 10.0 Å². The lowest BCUT2D eigenvalue weighted by Gasteiger charge is -2.11. The van der Waals surface area contributed by atoms with Crippen molar-refractivity contribution >= 4 is 46.2 Å². The molecule has 2 nitrogen and oxygen atoms in total. The van der Waals surface area contributed by atoms with Gasteiger partial charge in [0.1, 0.15) is 0 Å². The second kappa shape index (κ2) is 8.99. The topological polar surface area (TPSA) is 24.1 Å². The third-order valence-electron chi connectivity index (χ3n) is 3.20. The van der Waals surface area contributed by atoms with Gasteiger partial charge in [0.15, 0.2) is 5.11 Å². The highest BCUT2D eigenvalue weighted by molar-refractivity contribution is 7.80. The summed E-state index contributed by atoms with van der Waals surface area (Å²) in [5.41, 5.74) is 2.20. The highest BCUT2D eigenvalue weighted by atomic mass is 35.5. The van der Waals surface area contributed by atoms with E-state index in [0.717, 1.165) is 31.5 Å². The van der Waals surface area contributed by atoms with Gasteiger partial charge in [0.25, 0.3) is 0 Å². The summed E-state index contributed by atoms with van der Waals surface area (Å²) in [6.07, 6.45) is 3.29. The van der Waals surface area contributed by atoms with Gasteiger partial charge in [-0.25, -0.2) is 0 Å². The lowest BCUT2D eigenvalue weighted by molar-refractivity contribution is 0.711. The molecular weight excluding hydrogens is 335 g/mol. The van der Waals surface area contributed by atoms with E-state index >= 15 is 0 Å². The third kappa shape index (κ3) is 5.84. The van der Waals surface area contributed by atoms with E-state index in [1.54, 1.807) is 12.1 Å². The highest BCUT2D eigenvalue weighted by Crippen LogP contribution is 2.24. The molecule has 5 heteroatoms. The van der Waals surface area contributed by atoms with E-state index in [4.69, 9.17) is 35.4 Å². The van der Waals surface area contributed by atoms with Crippen LogP contribution in [0.3, 0.4) is 0 Å². The lowest BCUT2D eigenvalue weighted by atomic mass is 10.1. The first-order valence-corrected chi connectivity index (χ1v) is 8.35. The lowest BCUT2D eigenvalue weighted by Crippen LogP contribution is -2.29. The predicted molar refractivity (Wildman–Crippen MR) is 100 cm³/mol. The molecule has 22 heavy (non-hydrogen) atoms. The Hall–Kier alpha value is -1.29. The Morgan fingerprint density at radius 3 is 2.45 bits per heavy atom. The first-order chi connectivity index (χ1) is 10.6. The minimum atomic E-state index is 0.511. The molecule has 2 rings (SSSR count). The van der Waals surface area contributed by atoms with E-state index in [1.807, 2.05) is 12.1 Å². The summed E-state index contributed by atoms with van der Waals surface area (Å²) >= 11 is 17.1. The van der Waals surface area contributed by atoms with E-state index in [-0.39, 0.29) is 0 Å². The van der Waals surface area contributed by atoms with Gasteiger partial charge in [-0.2, -0.15) is 0 Å². The van der Waals surface area contributed by atoms with Crippen molar-refractivity contribution in [1.82, 2.24) is 5.32 Å². The van der Waals surface area contributed by atoms with Crippen LogP contribution in [-0.4, -0.2) is 11.7 Å². The predicted octanol–water partition coefficient (Wildman–Crippen LogP) is 5.30. The Kier molecular flexibility index (Phi) is 6.97. The maximum Gasteiger partial charge on any atom is 0.170 e. The van der Waals surface area contributed by atoms with Gasteiger partial charge in [0.2, 0.25) is 0 Å². The average molecular weight is 353 g/mol. The van der Waals surface area contributed by atoms with Crippen LogP contribution in [-0.2, 0) is 6.42 Å². The molecule has 2 aromatic rings. The summed E-state index contributed by atoms with van der Waals surface area (Å²) in [7, 11) is 0. The summed E-state index contributed by atoms with van der Waals surface area (Å²) in [5, 5.41) is 7.93. The fraction of sp³-hybridized carbons (Fsp3) is 0.235. The summed E-state index contributed by atoms with van der Waals surface area (Å²) in [5.74, 6) is 0. The number of halogens is 2. The molecule has 116 valence electrons. The van der Waals surface area contributed by atoms with Crippen molar-refractivity contribution in [1.29, 1.82) is 0 Å². The maximum atomic E-state index is 5.97. The largest absolute Gasteiger partial charge is 0.362 e. The smallest absolute Gasteiger partial charge is 0.170 e. The Labute approximate surface area is 146 Å². The minimum Gasteiger partial charge on any atom is -0.362 e. The standard InChI is InChI=1S/C17H18Cl2N2S/c18-15-10-9-14(12-16(15)19)21-17(22)20-11-5-4-8-13-6-2-1-3-7-13/h1-3,6-7,9-10,12H,4-5,8,11H2,(H2,20,21,22). The minimum absolute atomic E-state index is 0.511. The summed E-state index contributed by atoms with van der Waals surface area (Å²) in [4.78, 5) is 0. The van der Waals surface area contributed by atoms with Crippen molar-refractivity contribution in [3.8, 4) is 0 Å². The maximum absolute atomic E-state index is 5.97. The van der Waals surface area contributed by atoms with E-state index in [0.29, 0.717) is 15.2 Å². The third-order valence-corrected chi connectivity index (χ3v) is 4.18. The van der Waals surface area contributed by atoms with Crippen molar-refractivity contribution < 1.29 is 0 Å². The first kappa shape index (κ1) is 17.1. The fourth-order valence-electron chi connectivity index (χ4n) is 2.05. The van der Waals surface area contributed by atoms with Crippen LogP contribution in [0.15, 0.2) is 48.5 Å². The molecule has 2 aromatic carbocycles. The number of thiocarbonyl (C=S) groups is 1. The average Bonchev–Trinajstić information content (AvgIpc) is 2.52. The molecule has 0 bridgehead atoms. The number of nitrogens with one attached hydrogen (secondary N) is 2. The van der Waals surface area contributed by atoms with Gasteiger partial charge in [-0.15, -0.1) is 0 Å². The molecule has 0 atom stereocenters. The number of hydrogen-bond donors (Lipinski definition) is 2. The van der Waals surface area contributed by atoms with Gasteiger partial charge >= 0.3 is 0 Å².